The second-order valence-electron chi connectivity index (χ2n) is 6.57. The molecule has 0 spiro atoms. The Bertz CT molecular complexity index is 981. The summed E-state index contributed by atoms with van der Waals surface area (Å²) in [6.45, 7) is 10.2. The number of imidazole rings is 1. The molecule has 0 bridgehead atoms. The van der Waals surface area contributed by atoms with E-state index in [-0.39, 0.29) is 5.82 Å². The van der Waals surface area contributed by atoms with Gasteiger partial charge in [0.05, 0.1) is 6.20 Å². The lowest BCUT2D eigenvalue weighted by Gasteiger charge is -2.18. The molecule has 0 fully saturated rings. The molecule has 27 heavy (non-hydrogen) atoms. The van der Waals surface area contributed by atoms with Gasteiger partial charge in [-0.1, -0.05) is 31.2 Å². The number of aromatic nitrogens is 3. The van der Waals surface area contributed by atoms with Crippen molar-refractivity contribution in [3.05, 3.63) is 65.5 Å². The lowest BCUT2D eigenvalue weighted by atomic mass is 10.1. The number of pyridine rings is 1. The van der Waals surface area contributed by atoms with Gasteiger partial charge < -0.3 is 5.32 Å². The summed E-state index contributed by atoms with van der Waals surface area (Å²) in [5.41, 5.74) is 5.39. The number of halogens is 1. The van der Waals surface area contributed by atoms with Crippen molar-refractivity contribution in [3.8, 4) is 11.3 Å². The first-order valence-electron chi connectivity index (χ1n) is 9.15. The maximum Gasteiger partial charge on any atom is 0.151 e. The van der Waals surface area contributed by atoms with Gasteiger partial charge in [0.1, 0.15) is 17.3 Å². The van der Waals surface area contributed by atoms with E-state index in [0.29, 0.717) is 11.3 Å². The summed E-state index contributed by atoms with van der Waals surface area (Å²) >= 11 is 0. The molecular weight excluding hydrogens is 339 g/mol. The molecule has 0 saturated heterocycles. The highest BCUT2D eigenvalue weighted by molar-refractivity contribution is 5.81. The third-order valence-electron chi connectivity index (χ3n) is 4.78. The monoisotopic (exact) mass is 364 g/mol. The van der Waals surface area contributed by atoms with Gasteiger partial charge in [0.25, 0.3) is 0 Å². The van der Waals surface area contributed by atoms with Gasteiger partial charge in [0.2, 0.25) is 0 Å². The Morgan fingerprint density at radius 2 is 1.89 bits per heavy atom. The van der Waals surface area contributed by atoms with Crippen LogP contribution in [0, 0.1) is 26.6 Å². The zero-order valence-electron chi connectivity index (χ0n) is 16.5. The lowest BCUT2D eigenvalue weighted by Crippen LogP contribution is -2.06. The van der Waals surface area contributed by atoms with E-state index in [1.54, 1.807) is 12.3 Å². The molecule has 3 aromatic rings. The molecule has 1 aromatic carbocycles. The van der Waals surface area contributed by atoms with Gasteiger partial charge in [-0.25, -0.2) is 9.37 Å². The Morgan fingerprint density at radius 1 is 1.19 bits per heavy atom. The Kier molecular flexibility index (Phi) is 5.40. The highest BCUT2D eigenvalue weighted by Gasteiger charge is 2.21. The maximum atomic E-state index is 14.5. The Labute approximate surface area is 159 Å². The Morgan fingerprint density at radius 3 is 2.48 bits per heavy atom. The average molecular weight is 364 g/mol. The van der Waals surface area contributed by atoms with Crippen LogP contribution in [0.4, 0.5) is 15.9 Å². The minimum atomic E-state index is -0.384. The van der Waals surface area contributed by atoms with Crippen LogP contribution >= 0.6 is 0 Å². The van der Waals surface area contributed by atoms with Crippen LogP contribution in [-0.2, 0) is 0 Å². The number of para-hydroxylation sites is 1. The minimum Gasteiger partial charge on any atom is -0.339 e. The van der Waals surface area contributed by atoms with Gasteiger partial charge in [0.15, 0.2) is 5.82 Å². The number of rotatable bonds is 5. The predicted octanol–water partition coefficient (Wildman–Crippen LogP) is 6.02. The summed E-state index contributed by atoms with van der Waals surface area (Å²) in [6, 6.07) is 7.82. The molecule has 0 atom stereocenters. The highest BCUT2D eigenvalue weighted by Crippen LogP contribution is 2.36. The first-order valence-corrected chi connectivity index (χ1v) is 9.15. The van der Waals surface area contributed by atoms with E-state index in [1.807, 2.05) is 19.9 Å². The molecular formula is C22H25FN4. The number of allylic oxidation sites excluding steroid dienone is 2. The lowest BCUT2D eigenvalue weighted by molar-refractivity contribution is 0.624. The molecule has 1 N–H and O–H groups in total. The fourth-order valence-corrected chi connectivity index (χ4v) is 3.38. The van der Waals surface area contributed by atoms with Crippen LogP contribution in [0.2, 0.25) is 0 Å². The normalized spacial score (nSPS) is 11.7. The standard InChI is InChI=1S/C22H25FN4/c1-6-17(7-2)27-16(5)25-21(18-11-12-24-13-19(18)23)22(27)26-20-14(3)9-8-10-15(20)4/h6,8-13,26H,7H2,1-5H3/b17-6-. The van der Waals surface area contributed by atoms with Crippen molar-refractivity contribution in [2.24, 2.45) is 0 Å². The zero-order valence-corrected chi connectivity index (χ0v) is 16.5. The van der Waals surface area contributed by atoms with Crippen LogP contribution in [-0.4, -0.2) is 14.5 Å². The first kappa shape index (κ1) is 18.8. The molecule has 140 valence electrons. The van der Waals surface area contributed by atoms with Crippen LogP contribution in [0.5, 0.6) is 0 Å². The molecule has 2 heterocycles. The maximum absolute atomic E-state index is 14.5. The Balaban J connectivity index is 2.27. The third kappa shape index (κ3) is 3.50. The van der Waals surface area contributed by atoms with Crippen molar-refractivity contribution in [2.75, 3.05) is 5.32 Å². The fraction of sp³-hybridized carbons (Fsp3) is 0.273. The number of hydrogen-bond donors (Lipinski definition) is 1. The van der Waals surface area contributed by atoms with Crippen molar-refractivity contribution in [3.63, 3.8) is 0 Å². The second kappa shape index (κ2) is 7.74. The van der Waals surface area contributed by atoms with Crippen molar-refractivity contribution in [2.45, 2.75) is 41.0 Å². The summed E-state index contributed by atoms with van der Waals surface area (Å²) in [4.78, 5) is 8.57. The van der Waals surface area contributed by atoms with E-state index in [4.69, 9.17) is 4.98 Å². The van der Waals surface area contributed by atoms with Gasteiger partial charge in [-0.05, 0) is 51.3 Å². The number of anilines is 2. The topological polar surface area (TPSA) is 42.7 Å². The van der Waals surface area contributed by atoms with Crippen LogP contribution in [0.3, 0.4) is 0 Å². The van der Waals surface area contributed by atoms with Crippen molar-refractivity contribution >= 4 is 17.2 Å². The van der Waals surface area contributed by atoms with Gasteiger partial charge in [-0.15, -0.1) is 0 Å². The second-order valence-corrected chi connectivity index (χ2v) is 6.57. The zero-order chi connectivity index (χ0) is 19.6. The van der Waals surface area contributed by atoms with E-state index >= 15 is 0 Å². The number of benzene rings is 1. The van der Waals surface area contributed by atoms with Gasteiger partial charge in [0, 0.05) is 23.1 Å². The SMILES string of the molecule is C/C=C(/CC)n1c(C)nc(-c2ccncc2F)c1Nc1c(C)cccc1C. The number of hydrogen-bond acceptors (Lipinski definition) is 3. The van der Waals surface area contributed by atoms with Crippen LogP contribution in [0.1, 0.15) is 37.2 Å². The summed E-state index contributed by atoms with van der Waals surface area (Å²) < 4.78 is 16.6. The molecule has 0 radical (unpaired) electrons. The van der Waals surface area contributed by atoms with Gasteiger partial charge in [-0.3, -0.25) is 9.55 Å². The van der Waals surface area contributed by atoms with Crippen molar-refractivity contribution in [1.82, 2.24) is 14.5 Å². The summed E-state index contributed by atoms with van der Waals surface area (Å²) in [7, 11) is 0. The minimum absolute atomic E-state index is 0.384. The van der Waals surface area contributed by atoms with Crippen LogP contribution in [0.25, 0.3) is 17.0 Å². The van der Waals surface area contributed by atoms with E-state index in [1.165, 1.54) is 6.20 Å². The third-order valence-corrected chi connectivity index (χ3v) is 4.78. The summed E-state index contributed by atoms with van der Waals surface area (Å²) in [6.07, 6.45) is 5.72. The molecule has 0 saturated carbocycles. The smallest absolute Gasteiger partial charge is 0.151 e. The number of nitrogens with one attached hydrogen (secondary N) is 1. The molecule has 0 aliphatic carbocycles. The molecule has 2 aromatic heterocycles. The average Bonchev–Trinajstić information content (AvgIpc) is 2.96. The van der Waals surface area contributed by atoms with E-state index in [9.17, 15) is 4.39 Å². The Hall–Kier alpha value is -2.95. The molecule has 0 amide bonds. The summed E-state index contributed by atoms with van der Waals surface area (Å²) in [5.74, 6) is 1.19. The summed E-state index contributed by atoms with van der Waals surface area (Å²) in [5, 5.41) is 3.55. The van der Waals surface area contributed by atoms with Gasteiger partial charge in [-0.2, -0.15) is 0 Å². The molecule has 0 aliphatic rings. The number of nitrogens with zero attached hydrogens (tertiary/aromatic N) is 3. The molecule has 3 rings (SSSR count). The fourth-order valence-electron chi connectivity index (χ4n) is 3.38. The van der Waals surface area contributed by atoms with E-state index < -0.39 is 0 Å². The molecule has 0 unspecified atom stereocenters. The quantitative estimate of drug-likeness (QED) is 0.601. The van der Waals surface area contributed by atoms with E-state index in [2.05, 4.69) is 53.8 Å². The predicted molar refractivity (Wildman–Crippen MR) is 110 cm³/mol. The molecule has 5 heteroatoms. The molecule has 0 aliphatic heterocycles. The van der Waals surface area contributed by atoms with Crippen molar-refractivity contribution in [1.29, 1.82) is 0 Å². The highest BCUT2D eigenvalue weighted by atomic mass is 19.1. The van der Waals surface area contributed by atoms with Crippen molar-refractivity contribution < 1.29 is 4.39 Å². The van der Waals surface area contributed by atoms with E-state index in [0.717, 1.165) is 40.6 Å². The van der Waals surface area contributed by atoms with Gasteiger partial charge >= 0.3 is 0 Å². The number of aryl methyl sites for hydroxylation is 3. The van der Waals surface area contributed by atoms with Crippen LogP contribution in [0.15, 0.2) is 42.7 Å². The van der Waals surface area contributed by atoms with Crippen LogP contribution < -0.4 is 5.32 Å². The first-order chi connectivity index (χ1) is 13.0. The largest absolute Gasteiger partial charge is 0.339 e. The molecule has 4 nitrogen and oxygen atoms in total.